The van der Waals surface area contributed by atoms with E-state index in [1.54, 1.807) is 0 Å². The van der Waals surface area contributed by atoms with E-state index >= 15 is 0 Å². The van der Waals surface area contributed by atoms with Crippen molar-refractivity contribution in [2.24, 2.45) is 17.3 Å². The second-order valence-electron chi connectivity index (χ2n) is 6.21. The molecule has 17 heavy (non-hydrogen) atoms. The number of nitriles is 1. The molecule has 94 valence electrons. The first-order valence-corrected chi connectivity index (χ1v) is 6.74. The van der Waals surface area contributed by atoms with Gasteiger partial charge in [-0.25, -0.2) is 0 Å². The van der Waals surface area contributed by atoms with E-state index in [2.05, 4.69) is 25.2 Å². The highest BCUT2D eigenvalue weighted by Crippen LogP contribution is 2.42. The molecule has 0 spiro atoms. The van der Waals surface area contributed by atoms with Crippen LogP contribution in [0.5, 0.6) is 0 Å². The van der Waals surface area contributed by atoms with E-state index in [1.807, 2.05) is 0 Å². The molecule has 1 N–H and O–H groups in total. The number of carbonyl (C=O) groups is 1. The molecule has 0 radical (unpaired) electrons. The van der Waals surface area contributed by atoms with E-state index in [0.29, 0.717) is 0 Å². The molecule has 0 aliphatic heterocycles. The standard InChI is InChI=1S/C14H22N2O/c1-14(2)8-4-6-11(14)13(17)16-12-7-3-5-10(12)9-15/h10-12H,3-8H2,1-2H3,(H,16,17). The first-order chi connectivity index (χ1) is 8.04. The van der Waals surface area contributed by atoms with Crippen LogP contribution >= 0.6 is 0 Å². The van der Waals surface area contributed by atoms with Gasteiger partial charge in [-0.3, -0.25) is 4.79 Å². The number of nitrogens with zero attached hydrogens (tertiary/aromatic N) is 1. The Labute approximate surface area is 104 Å². The molecule has 1 amide bonds. The third kappa shape index (κ3) is 2.46. The minimum atomic E-state index is 0.0310. The van der Waals surface area contributed by atoms with Gasteiger partial charge >= 0.3 is 0 Å². The largest absolute Gasteiger partial charge is 0.352 e. The summed E-state index contributed by atoms with van der Waals surface area (Å²) in [4.78, 5) is 12.3. The summed E-state index contributed by atoms with van der Waals surface area (Å²) in [5, 5.41) is 12.1. The maximum atomic E-state index is 12.3. The van der Waals surface area contributed by atoms with Crippen LogP contribution in [0.3, 0.4) is 0 Å². The number of nitrogens with one attached hydrogen (secondary N) is 1. The van der Waals surface area contributed by atoms with Crippen LogP contribution in [0.15, 0.2) is 0 Å². The van der Waals surface area contributed by atoms with Crippen LogP contribution in [0.2, 0.25) is 0 Å². The molecule has 3 atom stereocenters. The zero-order chi connectivity index (χ0) is 12.5. The predicted molar refractivity (Wildman–Crippen MR) is 66.0 cm³/mol. The van der Waals surface area contributed by atoms with Crippen molar-refractivity contribution in [2.75, 3.05) is 0 Å². The fourth-order valence-electron chi connectivity index (χ4n) is 3.38. The minimum absolute atomic E-state index is 0.0310. The fourth-order valence-corrected chi connectivity index (χ4v) is 3.38. The second kappa shape index (κ2) is 4.68. The van der Waals surface area contributed by atoms with E-state index in [0.717, 1.165) is 38.5 Å². The molecule has 0 aromatic heterocycles. The molecule has 2 rings (SSSR count). The number of hydrogen-bond acceptors (Lipinski definition) is 2. The summed E-state index contributed by atoms with van der Waals surface area (Å²) in [6.45, 7) is 4.36. The van der Waals surface area contributed by atoms with Crippen molar-refractivity contribution in [1.82, 2.24) is 5.32 Å². The Hall–Kier alpha value is -1.04. The summed E-state index contributed by atoms with van der Waals surface area (Å²) < 4.78 is 0. The minimum Gasteiger partial charge on any atom is -0.352 e. The van der Waals surface area contributed by atoms with Gasteiger partial charge in [-0.05, 0) is 37.5 Å². The molecule has 0 bridgehead atoms. The van der Waals surface area contributed by atoms with Crippen LogP contribution in [-0.4, -0.2) is 11.9 Å². The SMILES string of the molecule is CC1(C)CCCC1C(=O)NC1CCCC1C#N. The third-order valence-corrected chi connectivity index (χ3v) is 4.58. The Morgan fingerprint density at radius 2 is 2.06 bits per heavy atom. The lowest BCUT2D eigenvalue weighted by atomic mass is 9.81. The van der Waals surface area contributed by atoms with Gasteiger partial charge in [0, 0.05) is 12.0 Å². The molecule has 0 saturated heterocycles. The van der Waals surface area contributed by atoms with E-state index in [4.69, 9.17) is 5.26 Å². The van der Waals surface area contributed by atoms with Crippen molar-refractivity contribution in [2.45, 2.75) is 58.4 Å². The van der Waals surface area contributed by atoms with Gasteiger partial charge in [-0.2, -0.15) is 5.26 Å². The molecule has 3 heteroatoms. The van der Waals surface area contributed by atoms with Crippen LogP contribution in [0.1, 0.15) is 52.4 Å². The van der Waals surface area contributed by atoms with Crippen molar-refractivity contribution in [3.63, 3.8) is 0 Å². The zero-order valence-electron chi connectivity index (χ0n) is 10.8. The van der Waals surface area contributed by atoms with Crippen LogP contribution in [0, 0.1) is 28.6 Å². The lowest BCUT2D eigenvalue weighted by Crippen LogP contribution is -2.43. The van der Waals surface area contributed by atoms with E-state index < -0.39 is 0 Å². The highest BCUT2D eigenvalue weighted by molar-refractivity contribution is 5.80. The molecule has 0 aromatic rings. The lowest BCUT2D eigenvalue weighted by Gasteiger charge is -2.28. The Balaban J connectivity index is 1.95. The average Bonchev–Trinajstić information content (AvgIpc) is 2.83. The normalized spacial score (nSPS) is 35.5. The van der Waals surface area contributed by atoms with E-state index in [9.17, 15) is 4.79 Å². The summed E-state index contributed by atoms with van der Waals surface area (Å²) in [7, 11) is 0. The highest BCUT2D eigenvalue weighted by atomic mass is 16.2. The van der Waals surface area contributed by atoms with Crippen molar-refractivity contribution in [3.05, 3.63) is 0 Å². The van der Waals surface area contributed by atoms with E-state index in [-0.39, 0.29) is 29.2 Å². The van der Waals surface area contributed by atoms with Crippen LogP contribution in [0.25, 0.3) is 0 Å². The molecule has 2 aliphatic rings. The summed E-state index contributed by atoms with van der Waals surface area (Å²) in [6, 6.07) is 2.42. The molecule has 3 unspecified atom stereocenters. The third-order valence-electron chi connectivity index (χ3n) is 4.58. The topological polar surface area (TPSA) is 52.9 Å². The molecule has 3 nitrogen and oxygen atoms in total. The Bertz CT molecular complexity index is 343. The Morgan fingerprint density at radius 3 is 2.65 bits per heavy atom. The van der Waals surface area contributed by atoms with Crippen LogP contribution in [-0.2, 0) is 4.79 Å². The number of carbonyl (C=O) groups excluding carboxylic acids is 1. The van der Waals surface area contributed by atoms with Gasteiger partial charge in [-0.15, -0.1) is 0 Å². The monoisotopic (exact) mass is 234 g/mol. The number of hydrogen-bond donors (Lipinski definition) is 1. The molecular formula is C14H22N2O. The van der Waals surface area contributed by atoms with Gasteiger partial charge in [-0.1, -0.05) is 20.3 Å². The molecule has 2 fully saturated rings. The van der Waals surface area contributed by atoms with Crippen LogP contribution < -0.4 is 5.32 Å². The number of amides is 1. The summed E-state index contributed by atoms with van der Waals surface area (Å²) in [5.41, 5.74) is 0.130. The van der Waals surface area contributed by atoms with E-state index in [1.165, 1.54) is 0 Å². The van der Waals surface area contributed by atoms with Crippen molar-refractivity contribution in [3.8, 4) is 6.07 Å². The molecule has 2 saturated carbocycles. The van der Waals surface area contributed by atoms with Crippen molar-refractivity contribution >= 4 is 5.91 Å². The zero-order valence-corrected chi connectivity index (χ0v) is 10.8. The van der Waals surface area contributed by atoms with Gasteiger partial charge in [0.25, 0.3) is 0 Å². The Kier molecular flexibility index (Phi) is 3.42. The summed E-state index contributed by atoms with van der Waals surface area (Å²) in [5.74, 6) is 0.352. The quantitative estimate of drug-likeness (QED) is 0.798. The van der Waals surface area contributed by atoms with Gasteiger partial charge in [0.05, 0.1) is 12.0 Å². The van der Waals surface area contributed by atoms with Crippen molar-refractivity contribution in [1.29, 1.82) is 5.26 Å². The molecule has 0 heterocycles. The fraction of sp³-hybridized carbons (Fsp3) is 0.857. The predicted octanol–water partition coefficient (Wildman–Crippen LogP) is 2.62. The maximum absolute atomic E-state index is 12.3. The van der Waals surface area contributed by atoms with Gasteiger partial charge < -0.3 is 5.32 Å². The van der Waals surface area contributed by atoms with Crippen LogP contribution in [0.4, 0.5) is 0 Å². The smallest absolute Gasteiger partial charge is 0.223 e. The first kappa shape index (κ1) is 12.4. The second-order valence-corrected chi connectivity index (χ2v) is 6.21. The molecule has 2 aliphatic carbocycles. The van der Waals surface area contributed by atoms with Gasteiger partial charge in [0.15, 0.2) is 0 Å². The van der Waals surface area contributed by atoms with Crippen molar-refractivity contribution < 1.29 is 4.79 Å². The summed E-state index contributed by atoms with van der Waals surface area (Å²) in [6.07, 6.45) is 6.27. The summed E-state index contributed by atoms with van der Waals surface area (Å²) >= 11 is 0. The van der Waals surface area contributed by atoms with Gasteiger partial charge in [0.1, 0.15) is 0 Å². The highest BCUT2D eigenvalue weighted by Gasteiger charge is 2.40. The molecule has 0 aromatic carbocycles. The average molecular weight is 234 g/mol. The first-order valence-electron chi connectivity index (χ1n) is 6.74. The lowest BCUT2D eigenvalue weighted by molar-refractivity contribution is -0.128. The molecular weight excluding hydrogens is 212 g/mol. The van der Waals surface area contributed by atoms with Gasteiger partial charge in [0.2, 0.25) is 5.91 Å². The Morgan fingerprint density at radius 1 is 1.29 bits per heavy atom. The number of rotatable bonds is 2. The maximum Gasteiger partial charge on any atom is 0.223 e.